The van der Waals surface area contributed by atoms with E-state index >= 15 is 0 Å². The third-order valence-electron chi connectivity index (χ3n) is 4.51. The molecule has 0 bridgehead atoms. The molecule has 0 spiro atoms. The monoisotopic (exact) mass is 302 g/mol. The molecule has 22 heavy (non-hydrogen) atoms. The van der Waals surface area contributed by atoms with Gasteiger partial charge >= 0.3 is 0 Å². The zero-order valence-corrected chi connectivity index (χ0v) is 14.1. The molecule has 3 nitrogen and oxygen atoms in total. The Balaban J connectivity index is 1.93. The Morgan fingerprint density at radius 2 is 1.64 bits per heavy atom. The smallest absolute Gasteiger partial charge is 0.236 e. The van der Waals surface area contributed by atoms with Gasteiger partial charge in [-0.1, -0.05) is 49.6 Å². The molecule has 1 aliphatic heterocycles. The van der Waals surface area contributed by atoms with E-state index in [2.05, 4.69) is 47.9 Å². The summed E-state index contributed by atoms with van der Waals surface area (Å²) in [7, 11) is 0. The molecule has 0 saturated carbocycles. The topological polar surface area (TPSA) is 23.6 Å². The molecule has 0 N–H and O–H groups in total. The summed E-state index contributed by atoms with van der Waals surface area (Å²) in [6, 6.07) is 10.8. The first-order valence-electron chi connectivity index (χ1n) is 8.72. The largest absolute Gasteiger partial charge is 0.342 e. The lowest BCUT2D eigenvalue weighted by atomic mass is 10.1. The molecule has 0 aliphatic carbocycles. The Morgan fingerprint density at radius 3 is 2.23 bits per heavy atom. The summed E-state index contributed by atoms with van der Waals surface area (Å²) in [4.78, 5) is 17.0. The van der Waals surface area contributed by atoms with E-state index in [1.807, 2.05) is 6.07 Å². The maximum atomic E-state index is 12.7. The van der Waals surface area contributed by atoms with Crippen LogP contribution in [0.1, 0.15) is 51.5 Å². The quantitative estimate of drug-likeness (QED) is 0.828. The maximum absolute atomic E-state index is 12.7. The van der Waals surface area contributed by atoms with Gasteiger partial charge in [-0.15, -0.1) is 0 Å². The number of carbonyl (C=O) groups excluding carboxylic acids is 1. The molecule has 1 aromatic carbocycles. The van der Waals surface area contributed by atoms with E-state index in [-0.39, 0.29) is 0 Å². The van der Waals surface area contributed by atoms with Crippen molar-refractivity contribution in [3.8, 4) is 0 Å². The van der Waals surface area contributed by atoms with E-state index in [1.54, 1.807) is 0 Å². The average molecular weight is 302 g/mol. The first-order chi connectivity index (χ1) is 10.7. The van der Waals surface area contributed by atoms with Crippen molar-refractivity contribution >= 4 is 5.91 Å². The van der Waals surface area contributed by atoms with Crippen LogP contribution >= 0.6 is 0 Å². The molecule has 1 saturated heterocycles. The fraction of sp³-hybridized carbons (Fsp3) is 0.632. The highest BCUT2D eigenvalue weighted by molar-refractivity contribution is 5.78. The van der Waals surface area contributed by atoms with Crippen molar-refractivity contribution in [2.24, 2.45) is 0 Å². The first kappa shape index (κ1) is 17.0. The predicted octanol–water partition coefficient (Wildman–Crippen LogP) is 3.69. The number of nitrogens with zero attached hydrogens (tertiary/aromatic N) is 2. The maximum Gasteiger partial charge on any atom is 0.236 e. The fourth-order valence-corrected chi connectivity index (χ4v) is 3.01. The Kier molecular flexibility index (Phi) is 6.91. The van der Waals surface area contributed by atoms with Crippen molar-refractivity contribution in [1.29, 1.82) is 0 Å². The molecule has 1 heterocycles. The number of hydrogen-bond acceptors (Lipinski definition) is 2. The highest BCUT2D eigenvalue weighted by Crippen LogP contribution is 2.13. The molecular formula is C19H30N2O. The zero-order chi connectivity index (χ0) is 15.8. The molecule has 122 valence electrons. The van der Waals surface area contributed by atoms with Crippen LogP contribution in [-0.4, -0.2) is 41.4 Å². The van der Waals surface area contributed by atoms with Crippen LogP contribution in [-0.2, 0) is 11.3 Å². The lowest BCUT2D eigenvalue weighted by Gasteiger charge is -2.30. The van der Waals surface area contributed by atoms with Crippen molar-refractivity contribution in [3.05, 3.63) is 35.9 Å². The van der Waals surface area contributed by atoms with Crippen molar-refractivity contribution in [1.82, 2.24) is 9.80 Å². The lowest BCUT2D eigenvalue weighted by Crippen LogP contribution is -2.43. The Morgan fingerprint density at radius 1 is 1.05 bits per heavy atom. The van der Waals surface area contributed by atoms with E-state index in [0.29, 0.717) is 18.5 Å². The predicted molar refractivity (Wildman–Crippen MR) is 91.7 cm³/mol. The number of hydrogen-bond donors (Lipinski definition) is 0. The van der Waals surface area contributed by atoms with E-state index in [0.717, 1.165) is 32.5 Å². The molecule has 1 aliphatic rings. The van der Waals surface area contributed by atoms with Gasteiger partial charge < -0.3 is 4.90 Å². The Labute approximate surface area is 135 Å². The van der Waals surface area contributed by atoms with Gasteiger partial charge in [-0.25, -0.2) is 0 Å². The average Bonchev–Trinajstić information content (AvgIpc) is 2.47. The summed E-state index contributed by atoms with van der Waals surface area (Å²) in [6.07, 6.45) is 6.18. The molecule has 2 rings (SSSR count). The number of rotatable bonds is 5. The number of benzene rings is 1. The van der Waals surface area contributed by atoms with E-state index in [9.17, 15) is 4.79 Å². The molecular weight excluding hydrogens is 272 g/mol. The molecule has 3 heteroatoms. The van der Waals surface area contributed by atoms with Crippen LogP contribution in [0.2, 0.25) is 0 Å². The summed E-state index contributed by atoms with van der Waals surface area (Å²) < 4.78 is 0. The van der Waals surface area contributed by atoms with Crippen LogP contribution in [0.4, 0.5) is 0 Å². The molecule has 1 fully saturated rings. The summed E-state index contributed by atoms with van der Waals surface area (Å²) in [6.45, 7) is 7.60. The normalized spacial score (nSPS) is 16.6. The van der Waals surface area contributed by atoms with Crippen molar-refractivity contribution in [3.63, 3.8) is 0 Å². The number of carbonyl (C=O) groups is 1. The highest BCUT2D eigenvalue weighted by Gasteiger charge is 2.20. The summed E-state index contributed by atoms with van der Waals surface area (Å²) in [5.41, 5.74) is 1.27. The molecule has 0 aromatic heterocycles. The van der Waals surface area contributed by atoms with Crippen molar-refractivity contribution < 1.29 is 4.79 Å². The van der Waals surface area contributed by atoms with Gasteiger partial charge in [0, 0.05) is 25.7 Å². The summed E-state index contributed by atoms with van der Waals surface area (Å²) >= 11 is 0. The van der Waals surface area contributed by atoms with Crippen LogP contribution in [0, 0.1) is 0 Å². The molecule has 1 amide bonds. The summed E-state index contributed by atoms with van der Waals surface area (Å²) in [5, 5.41) is 0. The van der Waals surface area contributed by atoms with Gasteiger partial charge in [-0.05, 0) is 32.3 Å². The number of amides is 1. The third kappa shape index (κ3) is 5.45. The second kappa shape index (κ2) is 8.94. The molecule has 0 radical (unpaired) electrons. The second-order valence-corrected chi connectivity index (χ2v) is 6.63. The van der Waals surface area contributed by atoms with E-state index in [4.69, 9.17) is 0 Å². The standard InChI is InChI=1S/C19H30N2O/c1-17(2)21(15-18-11-7-6-8-12-18)16-19(22)20-13-9-4-3-5-10-14-20/h6-8,11-12,17H,3-5,9-10,13-16H2,1-2H3. The molecule has 0 unspecified atom stereocenters. The fourth-order valence-electron chi connectivity index (χ4n) is 3.01. The van der Waals surface area contributed by atoms with Gasteiger partial charge in [0.25, 0.3) is 0 Å². The van der Waals surface area contributed by atoms with Crippen LogP contribution in [0.25, 0.3) is 0 Å². The van der Waals surface area contributed by atoms with E-state index in [1.165, 1.54) is 24.8 Å². The SMILES string of the molecule is CC(C)N(CC(=O)N1CCCCCCC1)Cc1ccccc1. The summed E-state index contributed by atoms with van der Waals surface area (Å²) in [5.74, 6) is 0.298. The van der Waals surface area contributed by atoms with Crippen LogP contribution in [0.15, 0.2) is 30.3 Å². The van der Waals surface area contributed by atoms with Crippen LogP contribution in [0.5, 0.6) is 0 Å². The highest BCUT2D eigenvalue weighted by atomic mass is 16.2. The Bertz CT molecular complexity index is 436. The lowest BCUT2D eigenvalue weighted by molar-refractivity contribution is -0.133. The minimum Gasteiger partial charge on any atom is -0.342 e. The zero-order valence-electron chi connectivity index (χ0n) is 14.1. The minimum atomic E-state index is 0.298. The Hall–Kier alpha value is -1.35. The van der Waals surface area contributed by atoms with Gasteiger partial charge in [0.15, 0.2) is 0 Å². The van der Waals surface area contributed by atoms with Gasteiger partial charge in [-0.2, -0.15) is 0 Å². The minimum absolute atomic E-state index is 0.298. The van der Waals surface area contributed by atoms with Crippen LogP contribution in [0.3, 0.4) is 0 Å². The number of likely N-dealkylation sites (tertiary alicyclic amines) is 1. The van der Waals surface area contributed by atoms with Crippen LogP contribution < -0.4 is 0 Å². The van der Waals surface area contributed by atoms with Gasteiger partial charge in [0.1, 0.15) is 0 Å². The first-order valence-corrected chi connectivity index (χ1v) is 8.72. The second-order valence-electron chi connectivity index (χ2n) is 6.63. The van der Waals surface area contributed by atoms with Crippen molar-refractivity contribution in [2.75, 3.05) is 19.6 Å². The van der Waals surface area contributed by atoms with E-state index < -0.39 is 0 Å². The third-order valence-corrected chi connectivity index (χ3v) is 4.51. The van der Waals surface area contributed by atoms with Crippen molar-refractivity contribution in [2.45, 2.75) is 58.5 Å². The van der Waals surface area contributed by atoms with Gasteiger partial charge in [-0.3, -0.25) is 9.69 Å². The van der Waals surface area contributed by atoms with Gasteiger partial charge in [0.05, 0.1) is 6.54 Å². The molecule has 1 aromatic rings. The van der Waals surface area contributed by atoms with Gasteiger partial charge in [0.2, 0.25) is 5.91 Å². The molecule has 0 atom stereocenters.